The fraction of sp³-hybridized carbons (Fsp3) is 0.472. The third-order valence-electron chi connectivity index (χ3n) is 10.7. The lowest BCUT2D eigenvalue weighted by atomic mass is 9.94. The number of alkyl halides is 1. The van der Waals surface area contributed by atoms with Crippen LogP contribution in [0.15, 0.2) is 33.5 Å². The molecule has 2 N–H and O–H groups in total. The molecule has 47 heavy (non-hydrogen) atoms. The van der Waals surface area contributed by atoms with Crippen LogP contribution in [0.4, 0.5) is 14.6 Å². The van der Waals surface area contributed by atoms with Gasteiger partial charge in [-0.3, -0.25) is 4.90 Å². The number of hydrogen-bond acceptors (Lipinski definition) is 9. The number of nitrogens with zero attached hydrogens (tertiary/aromatic N) is 4. The summed E-state index contributed by atoms with van der Waals surface area (Å²) in [6.45, 7) is 5.05. The molecule has 2 aromatic heterocycles. The number of β-amino-alcohol motifs (C(OH)–C–C–N with tert-alkyl or cyclic N) is 1. The van der Waals surface area contributed by atoms with Crippen LogP contribution in [-0.2, 0) is 0 Å². The largest absolute Gasteiger partial charge is 0.508 e. The van der Waals surface area contributed by atoms with E-state index in [0.29, 0.717) is 59.2 Å². The summed E-state index contributed by atoms with van der Waals surface area (Å²) in [5, 5.41) is 22.5. The molecule has 1 aliphatic carbocycles. The average Bonchev–Trinajstić information content (AvgIpc) is 3.61. The molecule has 3 saturated heterocycles. The molecule has 4 aliphatic rings. The van der Waals surface area contributed by atoms with E-state index in [9.17, 15) is 19.4 Å². The highest BCUT2D eigenvalue weighted by molar-refractivity contribution is 6.03. The van der Waals surface area contributed by atoms with Gasteiger partial charge in [0.05, 0.1) is 22.7 Å². The van der Waals surface area contributed by atoms with Crippen molar-refractivity contribution in [1.82, 2.24) is 14.9 Å². The lowest BCUT2D eigenvalue weighted by molar-refractivity contribution is 0.107. The minimum Gasteiger partial charge on any atom is -0.508 e. The summed E-state index contributed by atoms with van der Waals surface area (Å²) in [6, 6.07) is 5.83. The number of phenolic OH excluding ortho intramolecular Hbond substituents is 1. The van der Waals surface area contributed by atoms with Gasteiger partial charge in [-0.2, -0.15) is 9.97 Å². The molecule has 11 heteroatoms. The van der Waals surface area contributed by atoms with Crippen molar-refractivity contribution in [3.63, 3.8) is 0 Å². The maximum atomic E-state index is 15.1. The molecule has 1 saturated carbocycles. The molecule has 9 nitrogen and oxygen atoms in total. The SMILES string of the molecule is CC#Cc1c(F)ccc2cc(O)cc(-c3oc(=O)c4c(N5CC(O)CCC56CC6)nc(OC[C@@]56CCCN5C[C@H](F)C6)nc4c3C)c12. The Morgan fingerprint density at radius 2 is 1.98 bits per heavy atom. The van der Waals surface area contributed by atoms with Gasteiger partial charge < -0.3 is 24.3 Å². The van der Waals surface area contributed by atoms with Crippen molar-refractivity contribution in [2.75, 3.05) is 31.1 Å². The van der Waals surface area contributed by atoms with Crippen molar-refractivity contribution in [3.8, 4) is 34.9 Å². The molecule has 1 unspecified atom stereocenters. The van der Waals surface area contributed by atoms with E-state index in [1.54, 1.807) is 19.9 Å². The van der Waals surface area contributed by atoms with Crippen LogP contribution < -0.4 is 15.3 Å². The highest BCUT2D eigenvalue weighted by Gasteiger charge is 2.52. The minimum atomic E-state index is -0.921. The number of aliphatic hydroxyl groups is 1. The van der Waals surface area contributed by atoms with Crippen molar-refractivity contribution in [2.45, 2.75) is 82.1 Å². The average molecular weight is 643 g/mol. The summed E-state index contributed by atoms with van der Waals surface area (Å²) in [5.74, 6) is 5.40. The second kappa shape index (κ2) is 10.9. The van der Waals surface area contributed by atoms with E-state index in [2.05, 4.69) is 16.7 Å². The molecule has 4 aromatic rings. The van der Waals surface area contributed by atoms with Gasteiger partial charge in [0, 0.05) is 41.6 Å². The zero-order chi connectivity index (χ0) is 32.7. The molecule has 2 aromatic carbocycles. The first-order chi connectivity index (χ1) is 22.6. The number of aryl methyl sites for hydroxylation is 1. The molecule has 0 radical (unpaired) electrons. The number of aliphatic hydroxyl groups excluding tert-OH is 1. The molecular weight excluding hydrogens is 606 g/mol. The molecular formula is C36H36F2N4O5. The highest BCUT2D eigenvalue weighted by atomic mass is 19.1. The Morgan fingerprint density at radius 3 is 2.77 bits per heavy atom. The first kappa shape index (κ1) is 30.1. The molecule has 3 atom stereocenters. The molecule has 8 rings (SSSR count). The van der Waals surface area contributed by atoms with E-state index in [4.69, 9.17) is 19.1 Å². The number of benzene rings is 2. The zero-order valence-electron chi connectivity index (χ0n) is 26.4. The number of piperidine rings is 1. The van der Waals surface area contributed by atoms with Crippen LogP contribution in [0.1, 0.15) is 63.0 Å². The minimum absolute atomic E-state index is 0.0518. The number of ether oxygens (including phenoxy) is 1. The maximum Gasteiger partial charge on any atom is 0.349 e. The van der Waals surface area contributed by atoms with Crippen LogP contribution in [0.2, 0.25) is 0 Å². The first-order valence-electron chi connectivity index (χ1n) is 16.3. The van der Waals surface area contributed by atoms with Crippen LogP contribution in [0.3, 0.4) is 0 Å². The number of anilines is 1. The topological polar surface area (TPSA) is 112 Å². The van der Waals surface area contributed by atoms with Gasteiger partial charge in [0.25, 0.3) is 0 Å². The first-order valence-corrected chi connectivity index (χ1v) is 16.3. The summed E-state index contributed by atoms with van der Waals surface area (Å²) in [6.07, 6.45) is 3.86. The van der Waals surface area contributed by atoms with E-state index < -0.39 is 29.3 Å². The van der Waals surface area contributed by atoms with E-state index in [0.717, 1.165) is 38.6 Å². The van der Waals surface area contributed by atoms with E-state index in [1.165, 1.54) is 18.2 Å². The van der Waals surface area contributed by atoms with E-state index in [-0.39, 0.29) is 40.6 Å². The number of aromatic hydroxyl groups is 1. The molecule has 0 amide bonds. The summed E-state index contributed by atoms with van der Waals surface area (Å²) in [4.78, 5) is 27.8. The van der Waals surface area contributed by atoms with Crippen LogP contribution in [-0.4, -0.2) is 74.7 Å². The normalized spacial score (nSPS) is 24.9. The smallest absolute Gasteiger partial charge is 0.349 e. The van der Waals surface area contributed by atoms with Gasteiger partial charge in [-0.15, -0.1) is 5.92 Å². The van der Waals surface area contributed by atoms with Gasteiger partial charge in [-0.05, 0) is 82.5 Å². The summed E-state index contributed by atoms with van der Waals surface area (Å²) in [5.41, 5.74) is -0.193. The van der Waals surface area contributed by atoms with Crippen molar-refractivity contribution in [1.29, 1.82) is 0 Å². The quantitative estimate of drug-likeness (QED) is 0.277. The van der Waals surface area contributed by atoms with E-state index >= 15 is 4.39 Å². The Bertz CT molecular complexity index is 2070. The van der Waals surface area contributed by atoms with Crippen LogP contribution in [0.5, 0.6) is 11.8 Å². The molecule has 4 fully saturated rings. The van der Waals surface area contributed by atoms with Gasteiger partial charge in [-0.1, -0.05) is 12.0 Å². The Labute approximate surface area is 270 Å². The van der Waals surface area contributed by atoms with Crippen molar-refractivity contribution in [3.05, 3.63) is 51.6 Å². The van der Waals surface area contributed by atoms with Gasteiger partial charge >= 0.3 is 11.6 Å². The summed E-state index contributed by atoms with van der Waals surface area (Å²) < 4.78 is 42.1. The van der Waals surface area contributed by atoms with Crippen molar-refractivity contribution in [2.24, 2.45) is 0 Å². The number of fused-ring (bicyclic) bond motifs is 3. The lowest BCUT2D eigenvalue weighted by Gasteiger charge is -2.40. The summed E-state index contributed by atoms with van der Waals surface area (Å²) in [7, 11) is 0. The Kier molecular flexibility index (Phi) is 6.97. The Balaban J connectivity index is 1.34. The van der Waals surface area contributed by atoms with Crippen LogP contribution >= 0.6 is 0 Å². The second-order valence-corrected chi connectivity index (χ2v) is 13.7. The number of phenols is 1. The fourth-order valence-electron chi connectivity index (χ4n) is 8.27. The van der Waals surface area contributed by atoms with Gasteiger partial charge in [0.2, 0.25) is 0 Å². The zero-order valence-corrected chi connectivity index (χ0v) is 26.4. The predicted molar refractivity (Wildman–Crippen MR) is 173 cm³/mol. The van der Waals surface area contributed by atoms with E-state index in [1.807, 2.05) is 4.90 Å². The fourth-order valence-corrected chi connectivity index (χ4v) is 8.27. The number of halogens is 2. The Morgan fingerprint density at radius 1 is 1.15 bits per heavy atom. The number of hydrogen-bond donors (Lipinski definition) is 2. The standard InChI is InChI=1S/C36H36F2N4O5/c1-3-5-25-27(38)7-6-21-14-24(44)15-26(28(21)25)31-20(2)30-29(33(45)47-31)32(42-18-23(43)8-10-35(42)11-12-35)40-34(39-30)46-19-36-9-4-13-41(36)17-22(37)16-36/h6-7,14-15,22-23,43-44H,4,8-13,16-19H2,1-2H3/t22-,23?,36+/m1/s1. The van der Waals surface area contributed by atoms with Gasteiger partial charge in [0.1, 0.15) is 35.5 Å². The molecule has 3 aliphatic heterocycles. The third kappa shape index (κ3) is 4.83. The van der Waals surface area contributed by atoms with Crippen LogP contribution in [0, 0.1) is 24.6 Å². The predicted octanol–water partition coefficient (Wildman–Crippen LogP) is 5.38. The molecule has 244 valence electrons. The molecule has 1 spiro atoms. The van der Waals surface area contributed by atoms with Crippen LogP contribution in [0.25, 0.3) is 33.0 Å². The molecule has 5 heterocycles. The third-order valence-corrected chi connectivity index (χ3v) is 10.7. The van der Waals surface area contributed by atoms with Crippen molar-refractivity contribution < 1.29 is 28.1 Å². The number of aromatic nitrogens is 2. The lowest BCUT2D eigenvalue weighted by Crippen LogP contribution is -2.48. The molecule has 0 bridgehead atoms. The second-order valence-electron chi connectivity index (χ2n) is 13.7. The monoisotopic (exact) mass is 642 g/mol. The van der Waals surface area contributed by atoms with Gasteiger partial charge in [0.15, 0.2) is 5.82 Å². The maximum absolute atomic E-state index is 15.1. The number of rotatable bonds is 5. The van der Waals surface area contributed by atoms with Gasteiger partial charge in [-0.25, -0.2) is 13.6 Å². The Hall–Kier alpha value is -4.27. The van der Waals surface area contributed by atoms with Crippen molar-refractivity contribution >= 4 is 27.5 Å². The summed E-state index contributed by atoms with van der Waals surface area (Å²) >= 11 is 0. The highest BCUT2D eigenvalue weighted by Crippen LogP contribution is 2.51.